The van der Waals surface area contributed by atoms with E-state index >= 15 is 0 Å². The number of hydrogen-bond donors (Lipinski definition) is 1. The number of pyridine rings is 1. The third-order valence-electron chi connectivity index (χ3n) is 9.90. The van der Waals surface area contributed by atoms with E-state index in [-0.39, 0.29) is 16.9 Å². The lowest BCUT2D eigenvalue weighted by Crippen LogP contribution is -2.40. The number of amides is 1. The molecule has 4 atom stereocenters. The lowest BCUT2D eigenvalue weighted by atomic mass is 9.72. The molecule has 3 aliphatic rings. The van der Waals surface area contributed by atoms with Crippen molar-refractivity contribution in [2.24, 2.45) is 29.7 Å². The predicted molar refractivity (Wildman–Crippen MR) is 164 cm³/mol. The zero-order valence-electron chi connectivity index (χ0n) is 25.3. The van der Waals surface area contributed by atoms with Crippen LogP contribution in [0.5, 0.6) is 0 Å². The summed E-state index contributed by atoms with van der Waals surface area (Å²) in [5, 5.41) is 9.37. The van der Waals surface area contributed by atoms with Gasteiger partial charge in [-0.2, -0.15) is 10.2 Å². The van der Waals surface area contributed by atoms with Crippen molar-refractivity contribution in [3.05, 3.63) is 60.2 Å². The second-order valence-corrected chi connectivity index (χ2v) is 14.7. The van der Waals surface area contributed by atoms with E-state index in [1.54, 1.807) is 4.68 Å². The Morgan fingerprint density at radius 2 is 2.00 bits per heavy atom. The fourth-order valence-electron chi connectivity index (χ4n) is 8.04. The molecule has 0 aromatic carbocycles. The number of anilines is 1. The van der Waals surface area contributed by atoms with Gasteiger partial charge in [-0.05, 0) is 112 Å². The van der Waals surface area contributed by atoms with E-state index in [4.69, 9.17) is 10.1 Å². The van der Waals surface area contributed by atoms with Gasteiger partial charge in [0.25, 0.3) is 5.91 Å². The zero-order valence-corrected chi connectivity index (χ0v) is 26.1. The van der Waals surface area contributed by atoms with Gasteiger partial charge in [0.2, 0.25) is 0 Å². The van der Waals surface area contributed by atoms with E-state index in [1.165, 1.54) is 37.6 Å². The molecule has 1 N–H and O–H groups in total. The van der Waals surface area contributed by atoms with Crippen LogP contribution in [0.2, 0.25) is 0 Å². The van der Waals surface area contributed by atoms with Crippen LogP contribution in [0.3, 0.4) is 0 Å². The average molecular weight is 574 g/mol. The van der Waals surface area contributed by atoms with Crippen LogP contribution in [0.25, 0.3) is 5.82 Å². The second kappa shape index (κ2) is 10.0. The number of hydrogen-bond acceptors (Lipinski definition) is 6. The van der Waals surface area contributed by atoms with Crippen LogP contribution in [-0.4, -0.2) is 42.5 Å². The molecule has 1 aliphatic heterocycles. The van der Waals surface area contributed by atoms with Crippen LogP contribution in [0.4, 0.5) is 5.82 Å². The topological polar surface area (TPSA) is 80.9 Å². The SMILES string of the molecule is C=C[C@@]12CC[C@](C)(C[C@@H]1Cc1ccn(-c3ccc(C(=O)NSc4cn(C)nc4C)c(N4C[C@@H](C)CC4(C)C)n3)n1)C2. The molecular formula is C32H43N7OS. The van der Waals surface area contributed by atoms with Gasteiger partial charge in [0, 0.05) is 31.5 Å². The summed E-state index contributed by atoms with van der Waals surface area (Å²) in [6.45, 7) is 16.2. The minimum absolute atomic E-state index is 0.112. The molecule has 0 unspecified atom stereocenters. The van der Waals surface area contributed by atoms with Crippen molar-refractivity contribution >= 4 is 23.7 Å². The van der Waals surface area contributed by atoms with E-state index in [2.05, 4.69) is 61.1 Å². The van der Waals surface area contributed by atoms with E-state index in [1.807, 2.05) is 43.2 Å². The molecular weight excluding hydrogens is 530 g/mol. The summed E-state index contributed by atoms with van der Waals surface area (Å²) in [7, 11) is 1.88. The Balaban J connectivity index is 1.27. The Hall–Kier alpha value is -3.07. The monoisotopic (exact) mass is 573 g/mol. The standard InChI is InChI=1S/C32H43N7OS/c1-8-32-13-12-31(6,20-32)17-23(32)15-24-11-14-39(35-24)27-10-9-25(28(33-27)38-18-21(2)16-30(38,4)5)29(40)36-41-26-19-37(7)34-22(26)3/h8-11,14,19,21,23H,1,12-13,15-18,20H2,2-7H3,(H,36,40)/t21-,23-,31+,32-/m0/s1. The third kappa shape index (κ3) is 5.11. The molecule has 9 heteroatoms. The molecule has 3 aromatic heterocycles. The van der Waals surface area contributed by atoms with E-state index < -0.39 is 0 Å². The quantitative estimate of drug-likeness (QED) is 0.252. The summed E-state index contributed by atoms with van der Waals surface area (Å²) in [6, 6.07) is 5.93. The molecule has 0 spiro atoms. The van der Waals surface area contributed by atoms with Crippen molar-refractivity contribution in [3.8, 4) is 5.82 Å². The Morgan fingerprint density at radius 3 is 2.66 bits per heavy atom. The summed E-state index contributed by atoms with van der Waals surface area (Å²) >= 11 is 1.29. The number of fused-ring (bicyclic) bond motifs is 2. The number of aromatic nitrogens is 5. The highest BCUT2D eigenvalue weighted by Gasteiger charge is 2.55. The van der Waals surface area contributed by atoms with Crippen LogP contribution in [0, 0.1) is 29.6 Å². The number of nitrogens with zero attached hydrogens (tertiary/aromatic N) is 6. The van der Waals surface area contributed by atoms with Crippen LogP contribution < -0.4 is 9.62 Å². The number of nitrogens with one attached hydrogen (secondary N) is 1. The summed E-state index contributed by atoms with van der Waals surface area (Å²) in [6.07, 6.45) is 13.2. The molecule has 1 saturated heterocycles. The fraction of sp³-hybridized carbons (Fsp3) is 0.562. The lowest BCUT2D eigenvalue weighted by Gasteiger charge is -2.34. The first-order valence-corrected chi connectivity index (χ1v) is 15.7. The van der Waals surface area contributed by atoms with Crippen LogP contribution in [-0.2, 0) is 13.5 Å². The van der Waals surface area contributed by atoms with Gasteiger partial charge in [-0.1, -0.05) is 19.9 Å². The van der Waals surface area contributed by atoms with E-state index in [0.29, 0.717) is 28.6 Å². The number of aryl methyl sites for hydroxylation is 2. The van der Waals surface area contributed by atoms with Gasteiger partial charge in [0.05, 0.1) is 21.8 Å². The number of carbonyl (C=O) groups excluding carboxylic acids is 1. The average Bonchev–Trinajstić information content (AvgIpc) is 3.71. The Labute approximate surface area is 248 Å². The molecule has 3 fully saturated rings. The Morgan fingerprint density at radius 1 is 1.20 bits per heavy atom. The predicted octanol–water partition coefficient (Wildman–Crippen LogP) is 6.30. The molecule has 2 bridgehead atoms. The Kier molecular flexibility index (Phi) is 6.87. The minimum atomic E-state index is -0.164. The Bertz CT molecular complexity index is 1490. The molecule has 0 radical (unpaired) electrons. The van der Waals surface area contributed by atoms with Gasteiger partial charge >= 0.3 is 0 Å². The first-order valence-electron chi connectivity index (χ1n) is 14.8. The summed E-state index contributed by atoms with van der Waals surface area (Å²) < 4.78 is 6.66. The van der Waals surface area contributed by atoms with E-state index in [0.717, 1.165) is 41.5 Å². The van der Waals surface area contributed by atoms with Crippen molar-refractivity contribution in [2.45, 2.75) is 83.6 Å². The highest BCUT2D eigenvalue weighted by molar-refractivity contribution is 7.98. The van der Waals surface area contributed by atoms with Gasteiger partial charge in [-0.15, -0.1) is 6.58 Å². The molecule has 2 saturated carbocycles. The van der Waals surface area contributed by atoms with Crippen molar-refractivity contribution in [3.63, 3.8) is 0 Å². The zero-order chi connectivity index (χ0) is 29.2. The normalized spacial score (nSPS) is 28.4. The summed E-state index contributed by atoms with van der Waals surface area (Å²) in [5.41, 5.74) is 3.13. The smallest absolute Gasteiger partial charge is 0.265 e. The van der Waals surface area contributed by atoms with Gasteiger partial charge < -0.3 is 4.90 Å². The van der Waals surface area contributed by atoms with Crippen molar-refractivity contribution < 1.29 is 4.79 Å². The molecule has 4 heterocycles. The lowest BCUT2D eigenvalue weighted by molar-refractivity contribution is 0.0984. The van der Waals surface area contributed by atoms with Crippen molar-refractivity contribution in [2.75, 3.05) is 11.4 Å². The van der Waals surface area contributed by atoms with Crippen LogP contribution in [0.15, 0.2) is 48.1 Å². The van der Waals surface area contributed by atoms with Crippen LogP contribution in [0.1, 0.15) is 81.5 Å². The highest BCUT2D eigenvalue weighted by Crippen LogP contribution is 2.65. The summed E-state index contributed by atoms with van der Waals surface area (Å²) in [5.74, 6) is 2.37. The molecule has 8 nitrogen and oxygen atoms in total. The maximum atomic E-state index is 13.5. The van der Waals surface area contributed by atoms with Gasteiger partial charge in [0.15, 0.2) is 5.82 Å². The fourth-order valence-corrected chi connectivity index (χ4v) is 8.74. The number of allylic oxidation sites excluding steroid dienone is 1. The van der Waals surface area contributed by atoms with Crippen molar-refractivity contribution in [1.29, 1.82) is 0 Å². The molecule has 1 amide bonds. The van der Waals surface area contributed by atoms with Gasteiger partial charge in [-0.3, -0.25) is 14.2 Å². The number of rotatable bonds is 8. The van der Waals surface area contributed by atoms with E-state index in [9.17, 15) is 4.79 Å². The molecule has 6 rings (SSSR count). The second-order valence-electron chi connectivity index (χ2n) is 13.8. The first kappa shape index (κ1) is 28.1. The highest BCUT2D eigenvalue weighted by atomic mass is 32.2. The maximum Gasteiger partial charge on any atom is 0.265 e. The number of carbonyl (C=O) groups is 1. The molecule has 3 aromatic rings. The first-order chi connectivity index (χ1) is 19.4. The van der Waals surface area contributed by atoms with Crippen LogP contribution >= 0.6 is 11.9 Å². The molecule has 41 heavy (non-hydrogen) atoms. The summed E-state index contributed by atoms with van der Waals surface area (Å²) in [4.78, 5) is 21.9. The van der Waals surface area contributed by atoms with Crippen molar-refractivity contribution in [1.82, 2.24) is 29.3 Å². The molecule has 2 aliphatic carbocycles. The van der Waals surface area contributed by atoms with Gasteiger partial charge in [-0.25, -0.2) is 9.67 Å². The molecule has 218 valence electrons. The largest absolute Gasteiger partial charge is 0.350 e. The maximum absolute atomic E-state index is 13.5. The third-order valence-corrected chi connectivity index (χ3v) is 10.8. The minimum Gasteiger partial charge on any atom is -0.350 e. The van der Waals surface area contributed by atoms with Gasteiger partial charge in [0.1, 0.15) is 5.82 Å².